The van der Waals surface area contributed by atoms with Crippen molar-refractivity contribution in [2.45, 2.75) is 19.4 Å². The third kappa shape index (κ3) is 5.17. The first-order valence-electron chi connectivity index (χ1n) is 10.8. The smallest absolute Gasteiger partial charge is 0.295 e. The topological polar surface area (TPSA) is 79.3 Å². The van der Waals surface area contributed by atoms with Gasteiger partial charge in [0.2, 0.25) is 0 Å². The van der Waals surface area contributed by atoms with E-state index in [2.05, 4.69) is 0 Å². The highest BCUT2D eigenvalue weighted by Crippen LogP contribution is 2.41. The van der Waals surface area contributed by atoms with Gasteiger partial charge in [0.15, 0.2) is 0 Å². The maximum absolute atomic E-state index is 14.0. The first kappa shape index (κ1) is 24.3. The first-order chi connectivity index (χ1) is 15.8. The fourth-order valence-electron chi connectivity index (χ4n) is 3.94. The van der Waals surface area contributed by atoms with Crippen molar-refractivity contribution in [1.29, 1.82) is 0 Å². The van der Waals surface area contributed by atoms with Crippen molar-refractivity contribution in [2.24, 2.45) is 0 Å². The molecule has 1 saturated heterocycles. The molecule has 1 aliphatic rings. The van der Waals surface area contributed by atoms with Gasteiger partial charge in [-0.25, -0.2) is 4.39 Å². The van der Waals surface area contributed by atoms with Crippen molar-refractivity contribution >= 4 is 17.4 Å². The summed E-state index contributed by atoms with van der Waals surface area (Å²) in [4.78, 5) is 29.5. The third-order valence-corrected chi connectivity index (χ3v) is 5.47. The van der Waals surface area contributed by atoms with E-state index in [9.17, 15) is 19.1 Å². The second-order valence-corrected chi connectivity index (χ2v) is 8.00. The normalized spacial score (nSPS) is 17.6. The molecule has 1 amide bonds. The van der Waals surface area contributed by atoms with Gasteiger partial charge in [0.05, 0.1) is 30.9 Å². The lowest BCUT2D eigenvalue weighted by Crippen LogP contribution is -2.32. The summed E-state index contributed by atoms with van der Waals surface area (Å²) < 4.78 is 24.7. The highest BCUT2D eigenvalue weighted by Gasteiger charge is 2.46. The number of methoxy groups -OCH3 is 1. The molecule has 1 heterocycles. The van der Waals surface area contributed by atoms with E-state index in [-0.39, 0.29) is 16.9 Å². The van der Waals surface area contributed by atoms with E-state index in [1.54, 1.807) is 24.3 Å². The van der Waals surface area contributed by atoms with Crippen molar-refractivity contribution in [3.8, 4) is 11.5 Å². The zero-order valence-electron chi connectivity index (χ0n) is 19.3. The predicted octanol–water partition coefficient (Wildman–Crippen LogP) is 3.61. The Kier molecular flexibility index (Phi) is 7.71. The summed E-state index contributed by atoms with van der Waals surface area (Å²) in [5, 5.41) is 11.1. The molecular formula is C25H29FN2O5. The fraction of sp³-hybridized carbons (Fsp3) is 0.360. The largest absolute Gasteiger partial charge is 0.507 e. The minimum absolute atomic E-state index is 0.0136. The Morgan fingerprint density at radius 3 is 2.45 bits per heavy atom. The van der Waals surface area contributed by atoms with Gasteiger partial charge in [-0.1, -0.05) is 12.1 Å². The van der Waals surface area contributed by atoms with Crippen molar-refractivity contribution < 1.29 is 28.6 Å². The second kappa shape index (κ2) is 10.5. The number of aliphatic hydroxyl groups is 1. The number of halogens is 1. The number of hydrogen-bond donors (Lipinski definition) is 1. The van der Waals surface area contributed by atoms with Crippen molar-refractivity contribution in [3.05, 3.63) is 65.0 Å². The summed E-state index contributed by atoms with van der Waals surface area (Å²) in [7, 11) is 5.23. The lowest BCUT2D eigenvalue weighted by molar-refractivity contribution is -0.139. The van der Waals surface area contributed by atoms with Gasteiger partial charge in [0.1, 0.15) is 23.1 Å². The summed E-state index contributed by atoms with van der Waals surface area (Å²) in [6.07, 6.45) is 0.636. The van der Waals surface area contributed by atoms with E-state index in [0.29, 0.717) is 30.9 Å². The summed E-state index contributed by atoms with van der Waals surface area (Å²) in [5.41, 5.74) is 0.553. The number of rotatable bonds is 9. The van der Waals surface area contributed by atoms with Crippen molar-refractivity contribution in [3.63, 3.8) is 0 Å². The van der Waals surface area contributed by atoms with Crippen molar-refractivity contribution in [2.75, 3.05) is 40.9 Å². The predicted molar refractivity (Wildman–Crippen MR) is 123 cm³/mol. The van der Waals surface area contributed by atoms with Crippen LogP contribution < -0.4 is 9.47 Å². The van der Waals surface area contributed by atoms with E-state index < -0.39 is 29.3 Å². The number of ketones is 1. The van der Waals surface area contributed by atoms with Crippen LogP contribution in [0.1, 0.15) is 30.5 Å². The molecule has 3 rings (SSSR count). The van der Waals surface area contributed by atoms with Crippen LogP contribution in [0.2, 0.25) is 0 Å². The average molecular weight is 457 g/mol. The molecule has 0 aliphatic carbocycles. The third-order valence-electron chi connectivity index (χ3n) is 5.47. The van der Waals surface area contributed by atoms with Crippen molar-refractivity contribution in [1.82, 2.24) is 9.80 Å². The number of carbonyl (C=O) groups is 2. The number of benzene rings is 2. The molecule has 0 radical (unpaired) electrons. The maximum Gasteiger partial charge on any atom is 0.295 e. The van der Waals surface area contributed by atoms with Gasteiger partial charge in [-0.05, 0) is 69.9 Å². The van der Waals surface area contributed by atoms with Crippen LogP contribution in [0.4, 0.5) is 4.39 Å². The summed E-state index contributed by atoms with van der Waals surface area (Å²) in [6.45, 7) is 3.41. The van der Waals surface area contributed by atoms with E-state index >= 15 is 0 Å². The number of nitrogens with zero attached hydrogens (tertiary/aromatic N) is 2. The number of hydrogen-bond acceptors (Lipinski definition) is 6. The van der Waals surface area contributed by atoms with Gasteiger partial charge < -0.3 is 24.4 Å². The van der Waals surface area contributed by atoms with Crippen LogP contribution in [0, 0.1) is 5.82 Å². The molecule has 0 saturated carbocycles. The summed E-state index contributed by atoms with van der Waals surface area (Å²) in [5.74, 6) is -1.75. The molecule has 1 unspecified atom stereocenters. The molecule has 0 spiro atoms. The van der Waals surface area contributed by atoms with Crippen LogP contribution in [0.5, 0.6) is 11.5 Å². The Balaban J connectivity index is 2.13. The quantitative estimate of drug-likeness (QED) is 0.353. The number of aliphatic hydroxyl groups excluding tert-OH is 1. The molecule has 1 atom stereocenters. The van der Waals surface area contributed by atoms with Crippen LogP contribution in [-0.4, -0.2) is 67.5 Å². The summed E-state index contributed by atoms with van der Waals surface area (Å²) >= 11 is 0. The molecule has 0 bridgehead atoms. The van der Waals surface area contributed by atoms with Gasteiger partial charge >= 0.3 is 0 Å². The number of amides is 1. The molecule has 1 aliphatic heterocycles. The first-order valence-corrected chi connectivity index (χ1v) is 10.8. The molecule has 176 valence electrons. The summed E-state index contributed by atoms with van der Waals surface area (Å²) in [6, 6.07) is 9.85. The fourth-order valence-corrected chi connectivity index (χ4v) is 3.94. The van der Waals surface area contributed by atoms with Gasteiger partial charge in [0.25, 0.3) is 11.7 Å². The number of likely N-dealkylation sites (tertiary alicyclic amines) is 1. The molecule has 2 aromatic carbocycles. The molecular weight excluding hydrogens is 427 g/mol. The molecule has 1 fully saturated rings. The van der Waals surface area contributed by atoms with Crippen LogP contribution in [0.3, 0.4) is 0 Å². The minimum atomic E-state index is -0.823. The van der Waals surface area contributed by atoms with Gasteiger partial charge in [-0.3, -0.25) is 9.59 Å². The van der Waals surface area contributed by atoms with E-state index in [4.69, 9.17) is 9.47 Å². The van der Waals surface area contributed by atoms with Crippen LogP contribution >= 0.6 is 0 Å². The van der Waals surface area contributed by atoms with Crippen LogP contribution in [0.15, 0.2) is 48.0 Å². The van der Waals surface area contributed by atoms with E-state index in [1.165, 1.54) is 24.1 Å². The zero-order valence-corrected chi connectivity index (χ0v) is 19.3. The standard InChI is InChI=1S/C25H29FN2O5/c1-5-33-18-10-7-16(8-11-18)22-21(23(29)19-15-17(26)9-12-20(19)32-4)24(30)25(31)28(22)14-6-13-27(2)3/h7-12,15,22,29H,5-6,13-14H2,1-4H3/b23-21+. The molecule has 7 nitrogen and oxygen atoms in total. The van der Waals surface area contributed by atoms with Gasteiger partial charge in [-0.2, -0.15) is 0 Å². The van der Waals surface area contributed by atoms with Gasteiger partial charge in [0, 0.05) is 6.54 Å². The number of ether oxygens (including phenoxy) is 2. The van der Waals surface area contributed by atoms with Crippen LogP contribution in [-0.2, 0) is 9.59 Å². The molecule has 8 heteroatoms. The van der Waals surface area contributed by atoms with Crippen LogP contribution in [0.25, 0.3) is 5.76 Å². The molecule has 0 aromatic heterocycles. The highest BCUT2D eigenvalue weighted by molar-refractivity contribution is 6.46. The van der Waals surface area contributed by atoms with E-state index in [0.717, 1.165) is 12.6 Å². The number of Topliss-reactive ketones (excluding diaryl/α,β-unsaturated/α-hetero) is 1. The maximum atomic E-state index is 14.0. The lowest BCUT2D eigenvalue weighted by Gasteiger charge is -2.26. The Bertz CT molecular complexity index is 1050. The molecule has 33 heavy (non-hydrogen) atoms. The monoisotopic (exact) mass is 456 g/mol. The Hall–Kier alpha value is -3.39. The highest BCUT2D eigenvalue weighted by atomic mass is 19.1. The van der Waals surface area contributed by atoms with E-state index in [1.807, 2.05) is 25.9 Å². The SMILES string of the molecule is CCOc1ccc(C2/C(=C(\O)c3cc(F)ccc3OC)C(=O)C(=O)N2CCCN(C)C)cc1. The average Bonchev–Trinajstić information content (AvgIpc) is 3.04. The minimum Gasteiger partial charge on any atom is -0.507 e. The molecule has 1 N–H and O–H groups in total. The number of carbonyl (C=O) groups excluding carboxylic acids is 2. The Labute approximate surface area is 193 Å². The lowest BCUT2D eigenvalue weighted by atomic mass is 9.95. The second-order valence-electron chi connectivity index (χ2n) is 8.00. The zero-order chi connectivity index (χ0) is 24.1. The van der Waals surface area contributed by atoms with Gasteiger partial charge in [-0.15, -0.1) is 0 Å². The molecule has 2 aromatic rings. The Morgan fingerprint density at radius 2 is 1.85 bits per heavy atom. The Morgan fingerprint density at radius 1 is 1.15 bits per heavy atom.